The first-order chi connectivity index (χ1) is 18.0. The van der Waals surface area contributed by atoms with E-state index in [-0.39, 0.29) is 23.2 Å². The van der Waals surface area contributed by atoms with Crippen LogP contribution in [-0.4, -0.2) is 28.8 Å². The van der Waals surface area contributed by atoms with E-state index < -0.39 is 0 Å². The highest BCUT2D eigenvalue weighted by Crippen LogP contribution is 2.64. The van der Waals surface area contributed by atoms with E-state index in [9.17, 15) is 9.59 Å². The van der Waals surface area contributed by atoms with E-state index >= 15 is 0 Å². The largest absolute Gasteiger partial charge is 0.372 e. The van der Waals surface area contributed by atoms with Crippen molar-refractivity contribution in [2.75, 3.05) is 23.3 Å². The molecule has 5 unspecified atom stereocenters. The summed E-state index contributed by atoms with van der Waals surface area (Å²) in [7, 11) is 0. The van der Waals surface area contributed by atoms with Crippen LogP contribution in [0.1, 0.15) is 49.5 Å². The smallest absolute Gasteiger partial charge is 0.308 e. The fraction of sp³-hybridized carbons (Fsp3) is 0.448. The van der Waals surface area contributed by atoms with Crippen LogP contribution in [0.15, 0.2) is 58.4 Å². The second-order valence-corrected chi connectivity index (χ2v) is 13.0. The number of nitrogens with one attached hydrogen (secondary N) is 1. The zero-order valence-corrected chi connectivity index (χ0v) is 23.5. The van der Waals surface area contributed by atoms with Crippen molar-refractivity contribution in [2.24, 2.45) is 17.8 Å². The Hall–Kier alpha value is -2.22. The molecule has 2 fully saturated rings. The van der Waals surface area contributed by atoms with Crippen LogP contribution in [-0.2, 0) is 11.3 Å². The number of hydrogen-bond donors (Lipinski definition) is 1. The Kier molecular flexibility index (Phi) is 6.88. The van der Waals surface area contributed by atoms with Crippen LogP contribution in [0.5, 0.6) is 0 Å². The highest BCUT2D eigenvalue weighted by Gasteiger charge is 2.55. The van der Waals surface area contributed by atoms with Crippen LogP contribution in [0.2, 0.25) is 5.02 Å². The van der Waals surface area contributed by atoms with Gasteiger partial charge >= 0.3 is 4.87 Å². The number of fused-ring (bicyclic) bond motifs is 6. The highest BCUT2D eigenvalue weighted by molar-refractivity contribution is 8.00. The summed E-state index contributed by atoms with van der Waals surface area (Å²) in [5.41, 5.74) is 3.23. The molecule has 0 radical (unpaired) electrons. The molecule has 2 heterocycles. The topological polar surface area (TPSA) is 54.3 Å². The van der Waals surface area contributed by atoms with Crippen molar-refractivity contribution in [3.05, 3.63) is 73.7 Å². The van der Waals surface area contributed by atoms with Gasteiger partial charge in [-0.25, -0.2) is 0 Å². The van der Waals surface area contributed by atoms with Crippen LogP contribution in [0.3, 0.4) is 0 Å². The maximum atomic E-state index is 13.3. The predicted molar refractivity (Wildman–Crippen MR) is 154 cm³/mol. The Bertz CT molecular complexity index is 1350. The molecule has 0 saturated heterocycles. The number of nitrogens with zero attached hydrogens (tertiary/aromatic N) is 2. The molecule has 2 aromatic carbocycles. The fourth-order valence-corrected chi connectivity index (χ4v) is 10.1. The van der Waals surface area contributed by atoms with Crippen LogP contribution in [0, 0.1) is 17.8 Å². The number of carbonyl (C=O) groups excluding carboxylic acids is 1. The minimum Gasteiger partial charge on any atom is -0.372 e. The lowest BCUT2D eigenvalue weighted by Crippen LogP contribution is -2.35. The number of benzene rings is 2. The highest BCUT2D eigenvalue weighted by atomic mass is 35.5. The first kappa shape index (κ1) is 25.1. The molecular formula is C29H32ClN3O2S2. The number of amides is 1. The molecular weight excluding hydrogens is 522 g/mol. The normalized spacial score (nSPS) is 25.5. The van der Waals surface area contributed by atoms with Crippen molar-refractivity contribution < 1.29 is 4.79 Å². The molecule has 5 nitrogen and oxygen atoms in total. The third-order valence-corrected chi connectivity index (χ3v) is 11.6. The van der Waals surface area contributed by atoms with E-state index in [0.717, 1.165) is 28.9 Å². The van der Waals surface area contributed by atoms with Crippen LogP contribution in [0.25, 0.3) is 0 Å². The van der Waals surface area contributed by atoms with Gasteiger partial charge in [0.05, 0.1) is 5.03 Å². The summed E-state index contributed by atoms with van der Waals surface area (Å²) < 4.78 is 1.72. The number of hydrogen-bond acceptors (Lipinski definition) is 5. The van der Waals surface area contributed by atoms with Crippen LogP contribution < -0.4 is 15.1 Å². The van der Waals surface area contributed by atoms with Gasteiger partial charge in [0.25, 0.3) is 0 Å². The summed E-state index contributed by atoms with van der Waals surface area (Å²) in [6, 6.07) is 16.1. The van der Waals surface area contributed by atoms with Gasteiger partial charge in [-0.05, 0) is 92.8 Å². The maximum Gasteiger partial charge on any atom is 0.308 e. The molecule has 2 bridgehead atoms. The fourth-order valence-electron chi connectivity index (χ4n) is 6.82. The van der Waals surface area contributed by atoms with Crippen molar-refractivity contribution in [3.8, 4) is 0 Å². The van der Waals surface area contributed by atoms with E-state index in [1.807, 2.05) is 11.8 Å². The lowest BCUT2D eigenvalue weighted by atomic mass is 9.75. The number of halogens is 1. The van der Waals surface area contributed by atoms with Gasteiger partial charge in [0.15, 0.2) is 0 Å². The second kappa shape index (κ2) is 10.2. The summed E-state index contributed by atoms with van der Waals surface area (Å²) in [5, 5.41) is 5.06. The van der Waals surface area contributed by atoms with Crippen molar-refractivity contribution in [1.29, 1.82) is 0 Å². The lowest BCUT2D eigenvalue weighted by molar-refractivity contribution is -0.116. The van der Waals surface area contributed by atoms with Gasteiger partial charge in [0, 0.05) is 45.5 Å². The number of rotatable bonds is 7. The minimum absolute atomic E-state index is 0.0272. The van der Waals surface area contributed by atoms with Gasteiger partial charge in [-0.3, -0.25) is 14.2 Å². The van der Waals surface area contributed by atoms with Crippen LogP contribution in [0.4, 0.5) is 11.4 Å². The molecule has 2 saturated carbocycles. The molecule has 5 atom stereocenters. The molecule has 2 aliphatic carbocycles. The Labute approximate surface area is 231 Å². The quantitative estimate of drug-likeness (QED) is 0.354. The Morgan fingerprint density at radius 1 is 1.05 bits per heavy atom. The van der Waals surface area contributed by atoms with E-state index in [4.69, 9.17) is 11.6 Å². The third-order valence-electron chi connectivity index (χ3n) is 8.50. The van der Waals surface area contributed by atoms with E-state index in [1.54, 1.807) is 28.8 Å². The van der Waals surface area contributed by atoms with Crippen molar-refractivity contribution in [2.45, 2.75) is 55.8 Å². The molecule has 0 spiro atoms. The summed E-state index contributed by atoms with van der Waals surface area (Å²) in [6.07, 6.45) is 3.88. The first-order valence-electron chi connectivity index (χ1n) is 13.3. The van der Waals surface area contributed by atoms with Gasteiger partial charge < -0.3 is 10.2 Å². The lowest BCUT2D eigenvalue weighted by Gasteiger charge is -2.40. The number of thioether (sulfide) groups is 1. The van der Waals surface area contributed by atoms with Gasteiger partial charge in [-0.1, -0.05) is 35.1 Å². The number of carbonyl (C=O) groups is 1. The molecule has 194 valence electrons. The summed E-state index contributed by atoms with van der Waals surface area (Å²) in [4.78, 5) is 29.7. The number of thiazole rings is 1. The molecule has 1 aliphatic heterocycles. The SMILES string of the molecule is CCN(CC)c1ccc(C2c3sc(=O)n(CC(=O)Nc4ccc(Cl)cc4)c3SC3C4CCC(C4)C23)cc1. The summed E-state index contributed by atoms with van der Waals surface area (Å²) in [5.74, 6) is 2.02. The molecule has 1 N–H and O–H groups in total. The van der Waals surface area contributed by atoms with Gasteiger partial charge in [-0.2, -0.15) is 0 Å². The van der Waals surface area contributed by atoms with Gasteiger partial charge in [0.2, 0.25) is 5.91 Å². The zero-order valence-electron chi connectivity index (χ0n) is 21.2. The number of aromatic nitrogens is 1. The summed E-state index contributed by atoms with van der Waals surface area (Å²) in [6.45, 7) is 6.36. The monoisotopic (exact) mass is 553 g/mol. The molecule has 3 aliphatic rings. The molecule has 3 aromatic rings. The summed E-state index contributed by atoms with van der Waals surface area (Å²) >= 11 is 9.19. The Balaban J connectivity index is 1.34. The average Bonchev–Trinajstić information content (AvgIpc) is 3.60. The Morgan fingerprint density at radius 3 is 2.46 bits per heavy atom. The molecule has 6 rings (SSSR count). The maximum absolute atomic E-state index is 13.3. The molecule has 1 aromatic heterocycles. The third kappa shape index (κ3) is 4.53. The average molecular weight is 554 g/mol. The van der Waals surface area contributed by atoms with E-state index in [0.29, 0.717) is 27.8 Å². The van der Waals surface area contributed by atoms with Crippen molar-refractivity contribution >= 4 is 52.0 Å². The van der Waals surface area contributed by atoms with Crippen molar-refractivity contribution in [3.63, 3.8) is 0 Å². The Morgan fingerprint density at radius 2 is 1.76 bits per heavy atom. The second-order valence-electron chi connectivity index (χ2n) is 10.4. The van der Waals surface area contributed by atoms with Crippen molar-refractivity contribution in [1.82, 2.24) is 4.57 Å². The molecule has 1 amide bonds. The molecule has 37 heavy (non-hydrogen) atoms. The first-order valence-corrected chi connectivity index (χ1v) is 15.3. The van der Waals surface area contributed by atoms with Gasteiger partial charge in [0.1, 0.15) is 6.54 Å². The minimum atomic E-state index is -0.194. The number of anilines is 2. The van der Waals surface area contributed by atoms with Crippen LogP contribution >= 0.6 is 34.7 Å². The van der Waals surface area contributed by atoms with E-state index in [2.05, 4.69) is 48.3 Å². The van der Waals surface area contributed by atoms with E-state index in [1.165, 1.54) is 41.9 Å². The zero-order chi connectivity index (χ0) is 25.7. The predicted octanol–water partition coefficient (Wildman–Crippen LogP) is 6.70. The molecule has 8 heteroatoms. The standard InChI is InChI=1S/C29H32ClN3O2S2/c1-3-32(4-2)22-13-7-17(8-14-22)24-25-18-5-6-19(15-18)26(25)36-28-27(24)37-29(35)33(28)16-23(34)31-21-11-9-20(30)10-12-21/h7-14,18-19,24-26H,3-6,15-16H2,1-2H3,(H,31,34). The van der Waals surface area contributed by atoms with Gasteiger partial charge in [-0.15, -0.1) is 11.8 Å².